The van der Waals surface area contributed by atoms with Crippen molar-refractivity contribution >= 4 is 58.4 Å². The number of pyridine rings is 2. The fraction of sp³-hybridized carbons (Fsp3) is 0.417. The number of hydrogen-bond donors (Lipinski definition) is 8. The van der Waals surface area contributed by atoms with Crippen LogP contribution in [0.25, 0.3) is 22.3 Å². The van der Waals surface area contributed by atoms with E-state index in [0.29, 0.717) is 62.9 Å². The maximum absolute atomic E-state index is 15.3. The number of rotatable bonds is 16. The van der Waals surface area contributed by atoms with E-state index in [-0.39, 0.29) is 37.1 Å². The first-order chi connectivity index (χ1) is 33.2. The summed E-state index contributed by atoms with van der Waals surface area (Å²) in [6.07, 6.45) is -0.133. The van der Waals surface area contributed by atoms with E-state index in [0.717, 1.165) is 0 Å². The predicted octanol–water partition coefficient (Wildman–Crippen LogP) is 0.348. The number of nitrogens with zero attached hydrogens (tertiary/aromatic N) is 2. The Kier molecular flexibility index (Phi) is 14.7. The van der Waals surface area contributed by atoms with Gasteiger partial charge in [0.05, 0.1) is 61.2 Å². The van der Waals surface area contributed by atoms with Crippen molar-refractivity contribution in [1.29, 1.82) is 0 Å². The number of ether oxygens (including phenoxy) is 2. The van der Waals surface area contributed by atoms with Crippen LogP contribution in [0.1, 0.15) is 85.5 Å². The molecule has 370 valence electrons. The minimum Gasteiger partial charge on any atom is -0.458 e. The van der Waals surface area contributed by atoms with Crippen molar-refractivity contribution in [3.63, 3.8) is 0 Å². The van der Waals surface area contributed by atoms with Gasteiger partial charge in [0.2, 0.25) is 35.4 Å². The normalized spacial score (nSPS) is 16.8. The number of amides is 7. The third kappa shape index (κ3) is 10.9. The van der Waals surface area contributed by atoms with Crippen LogP contribution in [0.2, 0.25) is 0 Å². The first-order valence-electron chi connectivity index (χ1n) is 22.7. The molecule has 0 radical (unpaired) electrons. The molecule has 2 aromatic carbocycles. The van der Waals surface area contributed by atoms with E-state index < -0.39 is 115 Å². The first kappa shape index (κ1) is 50.1. The SMILES string of the molecule is CC[C@@]1(O)C(=O)OCc2c1cc1n(c2=O)Cc2c-1nc1cc(F)c(C)c3c1c2[C@@H](NC(=O)CNC(=O)CNC(=O)CNC(=O)C(Cc1ccccc1)NC(=O)CNC(=O)CNC(=O)OC(C)(C)C)CC3. The number of aryl methyl sites for hydroxylation is 1. The van der Waals surface area contributed by atoms with Crippen molar-refractivity contribution in [2.75, 3.05) is 32.7 Å². The van der Waals surface area contributed by atoms with E-state index in [2.05, 4.69) is 37.2 Å². The fourth-order valence-electron chi connectivity index (χ4n) is 8.73. The Hall–Kier alpha value is -7.75. The summed E-state index contributed by atoms with van der Waals surface area (Å²) in [5.41, 5.74) is 0.889. The van der Waals surface area contributed by atoms with Gasteiger partial charge in [-0.25, -0.2) is 19.0 Å². The van der Waals surface area contributed by atoms with Gasteiger partial charge in [-0.15, -0.1) is 0 Å². The Labute approximate surface area is 400 Å². The molecule has 1 aliphatic carbocycles. The number of hydrogen-bond acceptors (Lipinski definition) is 13. The molecule has 21 nitrogen and oxygen atoms in total. The van der Waals surface area contributed by atoms with Crippen molar-refractivity contribution in [3.8, 4) is 11.4 Å². The monoisotopic (exact) mass is 967 g/mol. The molecule has 3 atom stereocenters. The van der Waals surface area contributed by atoms with Gasteiger partial charge in [-0.1, -0.05) is 37.3 Å². The standard InChI is InChI=1S/C48H54FN9O12/c1-6-48(68)29-15-34-42-27(22-58(34)44(65)28(29)23-69-45(48)66)41-31(13-12-26-24(2)30(49)16-32(57-42)40(26)41)55-38(62)20-51-35(59)17-50-36(60)18-53-43(64)33(14-25-10-8-7-9-11-25)56-39(63)21-52-37(61)19-54-46(67)70-47(3,4)5/h7-11,15-16,31,33,68H,6,12-14,17-23H2,1-5H3,(H,50,60)(H,51,59)(H,52,61)(H,53,64)(H,54,67)(H,55,62)(H,56,63)/t31-,33?,48-/m0/s1. The number of fused-ring (bicyclic) bond motifs is 5. The van der Waals surface area contributed by atoms with Gasteiger partial charge in [0.15, 0.2) is 5.60 Å². The number of carbonyl (C=O) groups is 8. The molecule has 0 saturated carbocycles. The maximum Gasteiger partial charge on any atom is 0.408 e. The van der Waals surface area contributed by atoms with Crippen LogP contribution in [0.5, 0.6) is 0 Å². The molecule has 0 fully saturated rings. The molecule has 0 saturated heterocycles. The lowest BCUT2D eigenvalue weighted by atomic mass is 9.81. The minimum atomic E-state index is -2.06. The Morgan fingerprint density at radius 3 is 2.16 bits per heavy atom. The Morgan fingerprint density at radius 2 is 1.50 bits per heavy atom. The Bertz CT molecular complexity index is 2880. The van der Waals surface area contributed by atoms with Crippen LogP contribution < -0.4 is 42.8 Å². The van der Waals surface area contributed by atoms with Crippen LogP contribution in [-0.4, -0.2) is 107 Å². The summed E-state index contributed by atoms with van der Waals surface area (Å²) in [6, 6.07) is 9.70. The van der Waals surface area contributed by atoms with Gasteiger partial charge in [-0.2, -0.15) is 0 Å². The zero-order chi connectivity index (χ0) is 50.7. The molecule has 3 aliphatic rings. The van der Waals surface area contributed by atoms with Crippen molar-refractivity contribution in [2.45, 2.75) is 96.7 Å². The number of halogens is 1. The topological polar surface area (TPSA) is 294 Å². The zero-order valence-electron chi connectivity index (χ0n) is 39.2. The molecule has 2 aliphatic heterocycles. The Morgan fingerprint density at radius 1 is 0.871 bits per heavy atom. The van der Waals surface area contributed by atoms with Crippen molar-refractivity contribution < 1.29 is 57.3 Å². The molecule has 0 spiro atoms. The average molecular weight is 968 g/mol. The lowest BCUT2D eigenvalue weighted by Gasteiger charge is -2.31. The molecule has 4 aromatic rings. The molecule has 8 N–H and O–H groups in total. The molecule has 7 amide bonds. The zero-order valence-corrected chi connectivity index (χ0v) is 39.2. The van der Waals surface area contributed by atoms with E-state index in [1.165, 1.54) is 10.6 Å². The fourth-order valence-corrected chi connectivity index (χ4v) is 8.73. The second-order valence-electron chi connectivity index (χ2n) is 18.2. The number of aromatic nitrogens is 2. The highest BCUT2D eigenvalue weighted by atomic mass is 19.1. The predicted molar refractivity (Wildman–Crippen MR) is 247 cm³/mol. The highest BCUT2D eigenvalue weighted by Crippen LogP contribution is 2.46. The molecule has 22 heteroatoms. The quantitative estimate of drug-likeness (QED) is 0.0621. The number of benzene rings is 2. The van der Waals surface area contributed by atoms with Gasteiger partial charge in [0, 0.05) is 29.0 Å². The van der Waals surface area contributed by atoms with E-state index >= 15 is 4.39 Å². The molecule has 0 bridgehead atoms. The van der Waals surface area contributed by atoms with Crippen LogP contribution >= 0.6 is 0 Å². The van der Waals surface area contributed by atoms with Gasteiger partial charge in [-0.05, 0) is 75.3 Å². The van der Waals surface area contributed by atoms with Crippen LogP contribution in [0, 0.1) is 12.7 Å². The third-order valence-electron chi connectivity index (χ3n) is 12.2. The highest BCUT2D eigenvalue weighted by molar-refractivity contribution is 5.96. The summed E-state index contributed by atoms with van der Waals surface area (Å²) in [7, 11) is 0. The van der Waals surface area contributed by atoms with Crippen molar-refractivity contribution in [1.82, 2.24) is 46.8 Å². The summed E-state index contributed by atoms with van der Waals surface area (Å²) in [4.78, 5) is 121. The van der Waals surface area contributed by atoms with Gasteiger partial charge in [0.25, 0.3) is 5.56 Å². The van der Waals surface area contributed by atoms with E-state index in [1.807, 2.05) is 0 Å². The summed E-state index contributed by atoms with van der Waals surface area (Å²) in [5, 5.41) is 29.3. The second kappa shape index (κ2) is 20.5. The van der Waals surface area contributed by atoms with E-state index in [9.17, 15) is 48.3 Å². The molecular formula is C48H54FN9O12. The Balaban J connectivity index is 0.939. The molecule has 4 heterocycles. The van der Waals surface area contributed by atoms with Gasteiger partial charge in [0.1, 0.15) is 30.6 Å². The van der Waals surface area contributed by atoms with E-state index in [4.69, 9.17) is 14.5 Å². The average Bonchev–Trinajstić information content (AvgIpc) is 3.69. The van der Waals surface area contributed by atoms with Gasteiger partial charge in [-0.3, -0.25) is 33.6 Å². The molecule has 2 aromatic heterocycles. The number of aliphatic hydroxyl groups is 1. The lowest BCUT2D eigenvalue weighted by molar-refractivity contribution is -0.172. The number of cyclic esters (lactones) is 1. The summed E-state index contributed by atoms with van der Waals surface area (Å²) in [6.45, 7) is 5.30. The summed E-state index contributed by atoms with van der Waals surface area (Å²) >= 11 is 0. The minimum absolute atomic E-state index is 0.0251. The lowest BCUT2D eigenvalue weighted by Crippen LogP contribution is -2.52. The summed E-state index contributed by atoms with van der Waals surface area (Å²) in [5.74, 6) is -5.59. The maximum atomic E-state index is 15.3. The second-order valence-corrected chi connectivity index (χ2v) is 18.2. The largest absolute Gasteiger partial charge is 0.458 e. The smallest absolute Gasteiger partial charge is 0.408 e. The van der Waals surface area contributed by atoms with Crippen LogP contribution in [-0.2, 0) is 74.6 Å². The number of carbonyl (C=O) groups excluding carboxylic acids is 8. The number of nitrogens with one attached hydrogen (secondary N) is 7. The van der Waals surface area contributed by atoms with Crippen molar-refractivity contribution in [3.05, 3.63) is 97.6 Å². The molecular weight excluding hydrogens is 914 g/mol. The number of alkyl carbamates (subject to hydrolysis) is 1. The van der Waals surface area contributed by atoms with Crippen LogP contribution in [0.3, 0.4) is 0 Å². The highest BCUT2D eigenvalue weighted by Gasteiger charge is 2.46. The van der Waals surface area contributed by atoms with E-state index in [1.54, 1.807) is 71.0 Å². The van der Waals surface area contributed by atoms with Crippen molar-refractivity contribution in [2.24, 2.45) is 0 Å². The van der Waals surface area contributed by atoms with Gasteiger partial charge >= 0.3 is 12.1 Å². The van der Waals surface area contributed by atoms with Gasteiger partial charge < -0.3 is 56.4 Å². The summed E-state index contributed by atoms with van der Waals surface area (Å²) < 4.78 is 27.1. The number of esters is 1. The first-order valence-corrected chi connectivity index (χ1v) is 22.7. The molecule has 7 rings (SSSR count). The molecule has 70 heavy (non-hydrogen) atoms. The third-order valence-corrected chi connectivity index (χ3v) is 12.2. The van der Waals surface area contributed by atoms with Crippen LogP contribution in [0.15, 0.2) is 47.3 Å². The molecule has 1 unspecified atom stereocenters. The van der Waals surface area contributed by atoms with Crippen LogP contribution in [0.4, 0.5) is 9.18 Å².